The Morgan fingerprint density at radius 1 is 1.10 bits per heavy atom. The van der Waals surface area contributed by atoms with Gasteiger partial charge in [0.2, 0.25) is 10.0 Å². The van der Waals surface area contributed by atoms with E-state index in [4.69, 9.17) is 9.47 Å². The Bertz CT molecular complexity index is 1220. The summed E-state index contributed by atoms with van der Waals surface area (Å²) in [6, 6.07) is 13.3. The minimum absolute atomic E-state index is 0.140. The summed E-state index contributed by atoms with van der Waals surface area (Å²) in [6.07, 6.45) is 0.707. The van der Waals surface area contributed by atoms with Crippen molar-refractivity contribution in [1.29, 1.82) is 0 Å². The number of methoxy groups -OCH3 is 2. The topological polar surface area (TPSA) is 84.9 Å². The van der Waals surface area contributed by atoms with E-state index >= 15 is 0 Å². The van der Waals surface area contributed by atoms with Crippen LogP contribution in [0, 0.1) is 0 Å². The van der Waals surface area contributed by atoms with E-state index in [0.717, 1.165) is 5.56 Å². The zero-order chi connectivity index (χ0) is 22.0. The largest absolute Gasteiger partial charge is 0.493 e. The summed E-state index contributed by atoms with van der Waals surface area (Å²) in [6.45, 7) is 0.798. The molecule has 0 radical (unpaired) electrons. The number of nitrogens with zero attached hydrogens (tertiary/aromatic N) is 1. The van der Waals surface area contributed by atoms with Gasteiger partial charge in [-0.15, -0.1) is 11.3 Å². The lowest BCUT2D eigenvalue weighted by molar-refractivity contribution is 0.102. The maximum Gasteiger partial charge on any atom is 0.259 e. The van der Waals surface area contributed by atoms with Crippen molar-refractivity contribution >= 4 is 33.0 Å². The molecule has 0 fully saturated rings. The molecule has 3 aromatic rings. The normalized spacial score (nSPS) is 14.0. The average Bonchev–Trinajstić information content (AvgIpc) is 3.26. The number of para-hydroxylation sites is 1. The van der Waals surface area contributed by atoms with Crippen LogP contribution >= 0.6 is 11.3 Å². The smallest absolute Gasteiger partial charge is 0.259 e. The Kier molecular flexibility index (Phi) is 5.99. The number of benzene rings is 2. The highest BCUT2D eigenvalue weighted by Gasteiger charge is 2.29. The lowest BCUT2D eigenvalue weighted by Gasteiger charge is -2.26. The summed E-state index contributed by atoms with van der Waals surface area (Å²) in [5.74, 6) is 0.321. The number of thiophene rings is 1. The molecule has 0 saturated carbocycles. The van der Waals surface area contributed by atoms with E-state index in [2.05, 4.69) is 5.32 Å². The van der Waals surface area contributed by atoms with E-state index in [1.807, 2.05) is 11.4 Å². The predicted octanol–water partition coefficient (Wildman–Crippen LogP) is 3.76. The lowest BCUT2D eigenvalue weighted by atomic mass is 10.1. The lowest BCUT2D eigenvalue weighted by Crippen LogP contribution is -2.35. The van der Waals surface area contributed by atoms with Crippen LogP contribution in [-0.2, 0) is 23.0 Å². The van der Waals surface area contributed by atoms with Gasteiger partial charge < -0.3 is 14.8 Å². The summed E-state index contributed by atoms with van der Waals surface area (Å²) in [5, 5.41) is 4.75. The molecular formula is C22H22N2O5S2. The summed E-state index contributed by atoms with van der Waals surface area (Å²) >= 11 is 1.66. The molecule has 4 rings (SSSR count). The third kappa shape index (κ3) is 4.16. The average molecular weight is 459 g/mol. The zero-order valence-corrected chi connectivity index (χ0v) is 18.8. The third-order valence-electron chi connectivity index (χ3n) is 5.15. The second kappa shape index (κ2) is 8.70. The van der Waals surface area contributed by atoms with Gasteiger partial charge in [0.1, 0.15) is 0 Å². The van der Waals surface area contributed by atoms with Gasteiger partial charge in [-0.3, -0.25) is 4.79 Å². The van der Waals surface area contributed by atoms with Crippen LogP contribution in [0.4, 0.5) is 5.69 Å². The number of hydrogen-bond acceptors (Lipinski definition) is 6. The number of sulfonamides is 1. The predicted molar refractivity (Wildman–Crippen MR) is 120 cm³/mol. The van der Waals surface area contributed by atoms with Gasteiger partial charge in [-0.2, -0.15) is 4.31 Å². The van der Waals surface area contributed by atoms with Gasteiger partial charge in [0.05, 0.1) is 24.7 Å². The summed E-state index contributed by atoms with van der Waals surface area (Å²) in [4.78, 5) is 14.2. The Morgan fingerprint density at radius 3 is 2.68 bits per heavy atom. The van der Waals surface area contributed by atoms with E-state index in [9.17, 15) is 13.2 Å². The molecular weight excluding hydrogens is 436 g/mol. The van der Waals surface area contributed by atoms with E-state index in [0.29, 0.717) is 36.7 Å². The molecule has 0 spiro atoms. The number of amides is 1. The van der Waals surface area contributed by atoms with Crippen molar-refractivity contribution in [2.75, 3.05) is 26.1 Å². The first-order valence-corrected chi connectivity index (χ1v) is 11.9. The molecule has 1 aromatic heterocycles. The molecule has 31 heavy (non-hydrogen) atoms. The molecule has 2 aromatic carbocycles. The van der Waals surface area contributed by atoms with Crippen LogP contribution in [0.25, 0.3) is 0 Å². The highest BCUT2D eigenvalue weighted by molar-refractivity contribution is 7.89. The number of hydrogen-bond donors (Lipinski definition) is 1. The van der Waals surface area contributed by atoms with Gasteiger partial charge in [-0.25, -0.2) is 8.42 Å². The number of carbonyl (C=O) groups is 1. The zero-order valence-electron chi connectivity index (χ0n) is 17.1. The Hall–Kier alpha value is -2.88. The molecule has 1 aliphatic heterocycles. The van der Waals surface area contributed by atoms with Crippen molar-refractivity contribution in [1.82, 2.24) is 4.31 Å². The first-order chi connectivity index (χ1) is 14.9. The fraction of sp³-hybridized carbons (Fsp3) is 0.227. The summed E-state index contributed by atoms with van der Waals surface area (Å²) in [5.41, 5.74) is 1.72. The first kappa shape index (κ1) is 21.4. The molecule has 162 valence electrons. The molecule has 0 saturated heterocycles. The monoisotopic (exact) mass is 458 g/mol. The highest BCUT2D eigenvalue weighted by Crippen LogP contribution is 2.32. The quantitative estimate of drug-likeness (QED) is 0.608. The number of carbonyl (C=O) groups excluding carboxylic acids is 1. The van der Waals surface area contributed by atoms with Gasteiger partial charge >= 0.3 is 0 Å². The summed E-state index contributed by atoms with van der Waals surface area (Å²) < 4.78 is 38.4. The molecule has 1 amide bonds. The van der Waals surface area contributed by atoms with Gasteiger partial charge in [-0.1, -0.05) is 12.1 Å². The first-order valence-electron chi connectivity index (χ1n) is 9.62. The fourth-order valence-corrected chi connectivity index (χ4v) is 5.93. The molecule has 2 heterocycles. The van der Waals surface area contributed by atoms with E-state index in [-0.39, 0.29) is 10.5 Å². The second-order valence-corrected chi connectivity index (χ2v) is 9.92. The molecule has 9 heteroatoms. The van der Waals surface area contributed by atoms with E-state index in [1.165, 1.54) is 29.5 Å². The number of ether oxygens (including phenoxy) is 2. The Labute approximate surface area is 185 Å². The summed E-state index contributed by atoms with van der Waals surface area (Å²) in [7, 11) is -0.736. The van der Waals surface area contributed by atoms with Crippen LogP contribution in [-0.4, -0.2) is 39.4 Å². The molecule has 1 N–H and O–H groups in total. The van der Waals surface area contributed by atoms with Crippen LogP contribution in [0.1, 0.15) is 20.8 Å². The van der Waals surface area contributed by atoms with E-state index < -0.39 is 15.9 Å². The van der Waals surface area contributed by atoms with E-state index in [1.54, 1.807) is 47.7 Å². The minimum atomic E-state index is -3.69. The maximum absolute atomic E-state index is 13.2. The fourth-order valence-electron chi connectivity index (χ4n) is 3.58. The van der Waals surface area contributed by atoms with Crippen molar-refractivity contribution in [3.05, 3.63) is 69.9 Å². The van der Waals surface area contributed by atoms with Crippen molar-refractivity contribution in [3.8, 4) is 11.5 Å². The van der Waals surface area contributed by atoms with Crippen LogP contribution < -0.4 is 14.8 Å². The van der Waals surface area contributed by atoms with Crippen molar-refractivity contribution in [2.24, 2.45) is 0 Å². The molecule has 0 unspecified atom stereocenters. The van der Waals surface area contributed by atoms with Gasteiger partial charge in [0, 0.05) is 23.7 Å². The molecule has 7 nitrogen and oxygen atoms in total. The number of rotatable bonds is 6. The maximum atomic E-state index is 13.2. The number of fused-ring (bicyclic) bond motifs is 1. The van der Waals surface area contributed by atoms with Crippen LogP contribution in [0.3, 0.4) is 0 Å². The third-order valence-corrected chi connectivity index (χ3v) is 8.01. The van der Waals surface area contributed by atoms with Crippen LogP contribution in [0.5, 0.6) is 11.5 Å². The minimum Gasteiger partial charge on any atom is -0.493 e. The number of nitrogens with one attached hydrogen (secondary N) is 1. The van der Waals surface area contributed by atoms with Crippen LogP contribution in [0.15, 0.2) is 58.8 Å². The SMILES string of the molecule is COc1cccc(C(=O)Nc2cccc(S(=O)(=O)N3CCc4sccc4C3)c2)c1OC. The van der Waals surface area contributed by atoms with Crippen molar-refractivity contribution in [3.63, 3.8) is 0 Å². The van der Waals surface area contributed by atoms with Gasteiger partial charge in [0.25, 0.3) is 5.91 Å². The molecule has 0 aliphatic carbocycles. The molecule has 1 aliphatic rings. The van der Waals surface area contributed by atoms with Gasteiger partial charge in [0.15, 0.2) is 11.5 Å². The Morgan fingerprint density at radius 2 is 1.90 bits per heavy atom. The highest BCUT2D eigenvalue weighted by atomic mass is 32.2. The van der Waals surface area contributed by atoms with Crippen molar-refractivity contribution in [2.45, 2.75) is 17.9 Å². The van der Waals surface area contributed by atoms with Crippen molar-refractivity contribution < 1.29 is 22.7 Å². The standard InChI is InChI=1S/C22H22N2O5S2/c1-28-19-8-4-7-18(21(19)29-2)22(25)23-16-5-3-6-17(13-16)31(26,27)24-11-9-20-15(14-24)10-12-30-20/h3-8,10,12-13H,9,11,14H2,1-2H3,(H,23,25). The molecule has 0 bridgehead atoms. The molecule has 0 atom stereocenters. The van der Waals surface area contributed by atoms with Crippen LogP contribution in [0.2, 0.25) is 0 Å². The second-order valence-electron chi connectivity index (χ2n) is 6.98. The number of anilines is 1. The van der Waals surface area contributed by atoms with Gasteiger partial charge in [-0.05, 0) is 53.8 Å². The Balaban J connectivity index is 1.57.